The Morgan fingerprint density at radius 2 is 2.22 bits per heavy atom. The van der Waals surface area contributed by atoms with Crippen molar-refractivity contribution in [3.05, 3.63) is 28.8 Å². The van der Waals surface area contributed by atoms with Crippen molar-refractivity contribution in [1.82, 2.24) is 0 Å². The highest BCUT2D eigenvalue weighted by molar-refractivity contribution is 6.33. The molecule has 0 aliphatic carbocycles. The summed E-state index contributed by atoms with van der Waals surface area (Å²) in [4.78, 5) is 12.6. The average molecular weight is 267 g/mol. The van der Waals surface area contributed by atoms with Crippen molar-refractivity contribution in [3.8, 4) is 6.07 Å². The van der Waals surface area contributed by atoms with E-state index >= 15 is 0 Å². The second kappa shape index (κ2) is 6.27. The van der Waals surface area contributed by atoms with E-state index in [1.54, 1.807) is 23.1 Å². The van der Waals surface area contributed by atoms with Crippen molar-refractivity contribution in [2.45, 2.75) is 13.8 Å². The fourth-order valence-corrected chi connectivity index (χ4v) is 1.99. The van der Waals surface area contributed by atoms with Gasteiger partial charge in [-0.2, -0.15) is 5.26 Å². The summed E-state index contributed by atoms with van der Waals surface area (Å²) in [6.07, 6.45) is 0. The maximum Gasteiger partial charge on any atom is 0.323 e. The summed E-state index contributed by atoms with van der Waals surface area (Å²) in [6.45, 7) is 4.50. The molecule has 0 fully saturated rings. The molecule has 96 valence electrons. The lowest BCUT2D eigenvalue weighted by molar-refractivity contribution is -0.135. The Labute approximate surface area is 111 Å². The topological polar surface area (TPSA) is 64.3 Å². The molecule has 0 atom stereocenters. The van der Waals surface area contributed by atoms with Crippen LogP contribution < -0.4 is 4.90 Å². The Hall–Kier alpha value is -1.73. The predicted molar refractivity (Wildman–Crippen MR) is 70.9 cm³/mol. The van der Waals surface area contributed by atoms with Crippen molar-refractivity contribution < 1.29 is 9.90 Å². The van der Waals surface area contributed by atoms with Crippen LogP contribution in [-0.2, 0) is 4.79 Å². The van der Waals surface area contributed by atoms with Crippen LogP contribution in [0, 0.1) is 17.2 Å². The normalized spacial score (nSPS) is 10.2. The number of rotatable bonds is 5. The molecular weight excluding hydrogens is 252 g/mol. The molecule has 0 radical (unpaired) electrons. The third-order valence-electron chi connectivity index (χ3n) is 2.33. The maximum absolute atomic E-state index is 10.9. The minimum Gasteiger partial charge on any atom is -0.480 e. The van der Waals surface area contributed by atoms with Gasteiger partial charge in [0.25, 0.3) is 0 Å². The van der Waals surface area contributed by atoms with Crippen molar-refractivity contribution in [2.24, 2.45) is 5.92 Å². The number of benzene rings is 1. The van der Waals surface area contributed by atoms with Crippen LogP contribution in [0.15, 0.2) is 18.2 Å². The minimum atomic E-state index is -0.906. The number of hydrogen-bond acceptors (Lipinski definition) is 3. The van der Waals surface area contributed by atoms with Crippen molar-refractivity contribution >= 4 is 23.3 Å². The third-order valence-corrected chi connectivity index (χ3v) is 2.63. The molecule has 4 nitrogen and oxygen atoms in total. The number of anilines is 1. The SMILES string of the molecule is CC(C)CN(CC(=O)O)c1ccc(C#N)cc1Cl. The van der Waals surface area contributed by atoms with Gasteiger partial charge in [-0.3, -0.25) is 4.79 Å². The number of hydrogen-bond donors (Lipinski definition) is 1. The molecule has 0 saturated carbocycles. The van der Waals surface area contributed by atoms with Crippen LogP contribution in [0.1, 0.15) is 19.4 Å². The molecule has 0 heterocycles. The van der Waals surface area contributed by atoms with E-state index in [4.69, 9.17) is 22.0 Å². The standard InChI is InChI=1S/C13H15ClN2O2/c1-9(2)7-16(8-13(17)18)12-4-3-10(6-15)5-11(12)14/h3-5,9H,7-8H2,1-2H3,(H,17,18). The van der Waals surface area contributed by atoms with Gasteiger partial charge in [-0.05, 0) is 24.1 Å². The smallest absolute Gasteiger partial charge is 0.323 e. The summed E-state index contributed by atoms with van der Waals surface area (Å²) >= 11 is 6.08. The molecule has 1 rings (SSSR count). The first-order valence-corrected chi connectivity index (χ1v) is 5.98. The second-order valence-electron chi connectivity index (χ2n) is 4.45. The van der Waals surface area contributed by atoms with Gasteiger partial charge >= 0.3 is 5.97 Å². The van der Waals surface area contributed by atoms with Gasteiger partial charge in [-0.15, -0.1) is 0 Å². The van der Waals surface area contributed by atoms with E-state index in [1.807, 2.05) is 19.9 Å². The van der Waals surface area contributed by atoms with Gasteiger partial charge < -0.3 is 10.0 Å². The van der Waals surface area contributed by atoms with Gasteiger partial charge in [0.1, 0.15) is 6.54 Å². The molecule has 0 amide bonds. The highest BCUT2D eigenvalue weighted by Crippen LogP contribution is 2.27. The highest BCUT2D eigenvalue weighted by atomic mass is 35.5. The molecule has 0 aliphatic heterocycles. The van der Waals surface area contributed by atoms with E-state index in [0.717, 1.165) is 0 Å². The molecule has 5 heteroatoms. The Morgan fingerprint density at radius 3 is 2.67 bits per heavy atom. The predicted octanol–water partition coefficient (Wildman–Crippen LogP) is 2.76. The molecule has 1 N–H and O–H groups in total. The largest absolute Gasteiger partial charge is 0.480 e. The van der Waals surface area contributed by atoms with Crippen LogP contribution in [0.3, 0.4) is 0 Å². The fraction of sp³-hybridized carbons (Fsp3) is 0.385. The summed E-state index contributed by atoms with van der Waals surface area (Å²) in [5.41, 5.74) is 1.11. The first-order valence-electron chi connectivity index (χ1n) is 5.60. The zero-order valence-electron chi connectivity index (χ0n) is 10.4. The van der Waals surface area contributed by atoms with E-state index in [-0.39, 0.29) is 6.54 Å². The third kappa shape index (κ3) is 3.94. The van der Waals surface area contributed by atoms with Gasteiger partial charge in [0, 0.05) is 6.54 Å². The van der Waals surface area contributed by atoms with E-state index in [2.05, 4.69) is 0 Å². The zero-order chi connectivity index (χ0) is 13.7. The monoisotopic (exact) mass is 266 g/mol. The summed E-state index contributed by atoms with van der Waals surface area (Å²) in [6, 6.07) is 6.87. The molecule has 0 saturated heterocycles. The number of carboxylic acid groups (broad SMARTS) is 1. The first-order chi connectivity index (χ1) is 8.43. The quantitative estimate of drug-likeness (QED) is 0.890. The highest BCUT2D eigenvalue weighted by Gasteiger charge is 2.15. The van der Waals surface area contributed by atoms with Crippen molar-refractivity contribution in [2.75, 3.05) is 18.0 Å². The van der Waals surface area contributed by atoms with Crippen LogP contribution in [0.25, 0.3) is 0 Å². The number of nitrogens with zero attached hydrogens (tertiary/aromatic N) is 2. The van der Waals surface area contributed by atoms with Gasteiger partial charge in [-0.25, -0.2) is 0 Å². The van der Waals surface area contributed by atoms with Crippen LogP contribution in [0.4, 0.5) is 5.69 Å². The van der Waals surface area contributed by atoms with Gasteiger partial charge in [-0.1, -0.05) is 25.4 Å². The average Bonchev–Trinajstić information content (AvgIpc) is 2.26. The number of carbonyl (C=O) groups is 1. The number of aliphatic carboxylic acids is 1. The fourth-order valence-electron chi connectivity index (χ4n) is 1.69. The molecule has 0 spiro atoms. The van der Waals surface area contributed by atoms with E-state index in [1.165, 1.54) is 0 Å². The Bertz CT molecular complexity index is 480. The summed E-state index contributed by atoms with van der Waals surface area (Å²) in [5.74, 6) is -0.591. The van der Waals surface area contributed by atoms with Crippen LogP contribution in [-0.4, -0.2) is 24.2 Å². The molecule has 0 unspecified atom stereocenters. The number of halogens is 1. The summed E-state index contributed by atoms with van der Waals surface area (Å²) < 4.78 is 0. The lowest BCUT2D eigenvalue weighted by Gasteiger charge is -2.25. The van der Waals surface area contributed by atoms with E-state index in [0.29, 0.717) is 28.7 Å². The summed E-state index contributed by atoms with van der Waals surface area (Å²) in [5, 5.41) is 18.1. The van der Waals surface area contributed by atoms with Crippen LogP contribution >= 0.6 is 11.6 Å². The maximum atomic E-state index is 10.9. The van der Waals surface area contributed by atoms with Crippen molar-refractivity contribution in [3.63, 3.8) is 0 Å². The molecule has 0 aromatic heterocycles. The van der Waals surface area contributed by atoms with Crippen molar-refractivity contribution in [1.29, 1.82) is 5.26 Å². The van der Waals surface area contributed by atoms with Gasteiger partial charge in [0.15, 0.2) is 0 Å². The van der Waals surface area contributed by atoms with Gasteiger partial charge in [0.2, 0.25) is 0 Å². The van der Waals surface area contributed by atoms with Gasteiger partial charge in [0.05, 0.1) is 22.3 Å². The first kappa shape index (κ1) is 14.3. The Balaban J connectivity index is 3.05. The number of nitriles is 1. The minimum absolute atomic E-state index is 0.107. The van der Waals surface area contributed by atoms with E-state index < -0.39 is 5.97 Å². The molecule has 18 heavy (non-hydrogen) atoms. The Morgan fingerprint density at radius 1 is 1.56 bits per heavy atom. The molecular formula is C13H15ClN2O2. The molecule has 1 aromatic carbocycles. The lowest BCUT2D eigenvalue weighted by Crippen LogP contribution is -2.33. The Kier molecular flexibility index (Phi) is 4.99. The van der Waals surface area contributed by atoms with E-state index in [9.17, 15) is 4.79 Å². The lowest BCUT2D eigenvalue weighted by atomic mass is 10.1. The number of carboxylic acids is 1. The molecule has 1 aromatic rings. The van der Waals surface area contributed by atoms with Crippen LogP contribution in [0.2, 0.25) is 5.02 Å². The van der Waals surface area contributed by atoms with Crippen LogP contribution in [0.5, 0.6) is 0 Å². The zero-order valence-corrected chi connectivity index (χ0v) is 11.1. The summed E-state index contributed by atoms with van der Waals surface area (Å²) in [7, 11) is 0. The molecule has 0 aliphatic rings. The molecule has 0 bridgehead atoms. The second-order valence-corrected chi connectivity index (χ2v) is 4.85.